The number of halogens is 3. The van der Waals surface area contributed by atoms with E-state index in [1.807, 2.05) is 19.1 Å². The lowest BCUT2D eigenvalue weighted by atomic mass is 9.84. The van der Waals surface area contributed by atoms with Crippen LogP contribution >= 0.6 is 0 Å². The zero-order chi connectivity index (χ0) is 23.4. The lowest BCUT2D eigenvalue weighted by molar-refractivity contribution is 0.445. The quantitative estimate of drug-likeness (QED) is 0.338. The van der Waals surface area contributed by atoms with Crippen LogP contribution in [-0.4, -0.2) is 0 Å². The molecule has 0 N–H and O–H groups in total. The van der Waals surface area contributed by atoms with E-state index in [-0.39, 0.29) is 11.4 Å². The minimum atomic E-state index is -0.828. The molecule has 172 valence electrons. The van der Waals surface area contributed by atoms with E-state index in [0.29, 0.717) is 28.7 Å². The van der Waals surface area contributed by atoms with Crippen molar-refractivity contribution in [2.45, 2.75) is 58.8 Å². The smallest absolute Gasteiger partial charge is 0.166 e. The first-order valence-corrected chi connectivity index (χ1v) is 12.1. The fourth-order valence-corrected chi connectivity index (χ4v) is 4.87. The lowest BCUT2D eigenvalue weighted by Crippen LogP contribution is -2.05. The molecule has 0 bridgehead atoms. The second-order valence-electron chi connectivity index (χ2n) is 9.08. The topological polar surface area (TPSA) is 0 Å². The second-order valence-corrected chi connectivity index (χ2v) is 9.08. The van der Waals surface area contributed by atoms with Crippen LogP contribution in [0.15, 0.2) is 60.7 Å². The molecule has 0 radical (unpaired) electrons. The Bertz CT molecular complexity index is 1140. The summed E-state index contributed by atoms with van der Waals surface area (Å²) in [5.74, 6) is -1.12. The van der Waals surface area contributed by atoms with Gasteiger partial charge in [-0.15, -0.1) is 0 Å². The number of benzene rings is 3. The summed E-state index contributed by atoms with van der Waals surface area (Å²) >= 11 is 0. The molecule has 0 heterocycles. The Labute approximate surface area is 195 Å². The Kier molecular flexibility index (Phi) is 7.37. The van der Waals surface area contributed by atoms with Crippen molar-refractivity contribution in [2.24, 2.45) is 5.92 Å². The first kappa shape index (κ1) is 23.4. The highest BCUT2D eigenvalue weighted by Gasteiger charge is 2.17. The number of hydrogen-bond donors (Lipinski definition) is 0. The number of aryl methyl sites for hydroxylation is 1. The van der Waals surface area contributed by atoms with Gasteiger partial charge in [0.05, 0.1) is 0 Å². The summed E-state index contributed by atoms with van der Waals surface area (Å²) in [6.45, 7) is 4.16. The summed E-state index contributed by atoms with van der Waals surface area (Å²) in [6.07, 6.45) is 9.24. The van der Waals surface area contributed by atoms with E-state index in [2.05, 4.69) is 13.0 Å². The van der Waals surface area contributed by atoms with Crippen molar-refractivity contribution in [2.75, 3.05) is 0 Å². The number of allylic oxidation sites excluding steroid dienone is 2. The van der Waals surface area contributed by atoms with Crippen LogP contribution in [0, 0.1) is 23.4 Å². The van der Waals surface area contributed by atoms with E-state index in [4.69, 9.17) is 0 Å². The van der Waals surface area contributed by atoms with Gasteiger partial charge in [0.25, 0.3) is 0 Å². The maximum absolute atomic E-state index is 15.0. The van der Waals surface area contributed by atoms with Crippen LogP contribution in [0.2, 0.25) is 0 Å². The van der Waals surface area contributed by atoms with Crippen molar-refractivity contribution in [3.63, 3.8) is 0 Å². The Hall–Kier alpha value is -2.81. The molecule has 0 amide bonds. The molecule has 4 rings (SSSR count). The standard InChI is InChI=1S/C30H31F3/c1-3-5-20-7-9-21(10-8-20)25-16-17-26(28(31)19-25)22-11-13-23(14-12-22)27-18-15-24(6-4-2)29(32)30(27)33/h9,11-20H,3-8,10H2,1-2H3. The molecule has 0 nitrogen and oxygen atoms in total. The second kappa shape index (κ2) is 10.4. The maximum atomic E-state index is 15.0. The predicted octanol–water partition coefficient (Wildman–Crippen LogP) is 9.37. The average molecular weight is 449 g/mol. The Morgan fingerprint density at radius 2 is 1.42 bits per heavy atom. The van der Waals surface area contributed by atoms with E-state index in [9.17, 15) is 8.78 Å². The Balaban J connectivity index is 1.55. The molecule has 1 aliphatic rings. The Morgan fingerprint density at radius 1 is 0.758 bits per heavy atom. The molecule has 3 aromatic carbocycles. The third kappa shape index (κ3) is 5.08. The van der Waals surface area contributed by atoms with Gasteiger partial charge in [0.15, 0.2) is 11.6 Å². The summed E-state index contributed by atoms with van der Waals surface area (Å²) in [5, 5.41) is 0. The van der Waals surface area contributed by atoms with Crippen molar-refractivity contribution in [3.05, 3.63) is 89.3 Å². The molecular formula is C30H31F3. The van der Waals surface area contributed by atoms with Gasteiger partial charge in [-0.2, -0.15) is 0 Å². The average Bonchev–Trinajstić information content (AvgIpc) is 2.83. The van der Waals surface area contributed by atoms with Crippen molar-refractivity contribution >= 4 is 5.57 Å². The van der Waals surface area contributed by atoms with Gasteiger partial charge in [-0.25, -0.2) is 13.2 Å². The summed E-state index contributed by atoms with van der Waals surface area (Å²) in [5.41, 5.74) is 4.60. The van der Waals surface area contributed by atoms with Gasteiger partial charge in [-0.05, 0) is 65.5 Å². The molecule has 0 spiro atoms. The van der Waals surface area contributed by atoms with Gasteiger partial charge in [0.1, 0.15) is 5.82 Å². The van der Waals surface area contributed by atoms with Crippen LogP contribution < -0.4 is 0 Å². The minimum Gasteiger partial charge on any atom is -0.206 e. The molecule has 0 saturated carbocycles. The lowest BCUT2D eigenvalue weighted by Gasteiger charge is -2.22. The van der Waals surface area contributed by atoms with Gasteiger partial charge < -0.3 is 0 Å². The van der Waals surface area contributed by atoms with Crippen LogP contribution in [0.3, 0.4) is 0 Å². The van der Waals surface area contributed by atoms with Crippen LogP contribution in [0.5, 0.6) is 0 Å². The van der Waals surface area contributed by atoms with Gasteiger partial charge in [0, 0.05) is 11.1 Å². The van der Waals surface area contributed by atoms with Gasteiger partial charge in [-0.3, -0.25) is 0 Å². The van der Waals surface area contributed by atoms with Crippen molar-refractivity contribution in [1.82, 2.24) is 0 Å². The Morgan fingerprint density at radius 3 is 2.03 bits per heavy atom. The number of rotatable bonds is 7. The minimum absolute atomic E-state index is 0.223. The molecule has 1 aliphatic carbocycles. The molecule has 3 aromatic rings. The monoisotopic (exact) mass is 448 g/mol. The molecule has 1 atom stereocenters. The maximum Gasteiger partial charge on any atom is 0.166 e. The van der Waals surface area contributed by atoms with Crippen LogP contribution in [0.1, 0.15) is 63.5 Å². The third-order valence-corrected chi connectivity index (χ3v) is 6.74. The van der Waals surface area contributed by atoms with Crippen molar-refractivity contribution in [1.29, 1.82) is 0 Å². The molecule has 0 saturated heterocycles. The van der Waals surface area contributed by atoms with E-state index >= 15 is 4.39 Å². The highest BCUT2D eigenvalue weighted by molar-refractivity contribution is 5.74. The van der Waals surface area contributed by atoms with E-state index in [1.165, 1.54) is 24.8 Å². The zero-order valence-electron chi connectivity index (χ0n) is 19.4. The molecular weight excluding hydrogens is 417 g/mol. The van der Waals surface area contributed by atoms with Crippen LogP contribution in [0.4, 0.5) is 13.2 Å². The number of hydrogen-bond acceptors (Lipinski definition) is 0. The molecule has 0 aromatic heterocycles. The summed E-state index contributed by atoms with van der Waals surface area (Å²) in [7, 11) is 0. The SMILES string of the molecule is CCCc1ccc(-c2ccc(-c3ccc(C4=CCC(CCC)CC4)cc3F)cc2)c(F)c1F. The van der Waals surface area contributed by atoms with E-state index in [1.54, 1.807) is 42.5 Å². The zero-order valence-corrected chi connectivity index (χ0v) is 19.4. The first-order chi connectivity index (χ1) is 16.0. The van der Waals surface area contributed by atoms with Crippen molar-refractivity contribution < 1.29 is 13.2 Å². The summed E-state index contributed by atoms with van der Waals surface area (Å²) in [4.78, 5) is 0. The molecule has 33 heavy (non-hydrogen) atoms. The third-order valence-electron chi connectivity index (χ3n) is 6.74. The van der Waals surface area contributed by atoms with Crippen LogP contribution in [0.25, 0.3) is 27.8 Å². The fraction of sp³-hybridized carbons (Fsp3) is 0.333. The van der Waals surface area contributed by atoms with Gasteiger partial charge in [-0.1, -0.05) is 87.7 Å². The van der Waals surface area contributed by atoms with Gasteiger partial charge >= 0.3 is 0 Å². The highest BCUT2D eigenvalue weighted by atomic mass is 19.2. The molecule has 0 aliphatic heterocycles. The fourth-order valence-electron chi connectivity index (χ4n) is 4.87. The highest BCUT2D eigenvalue weighted by Crippen LogP contribution is 2.35. The van der Waals surface area contributed by atoms with Gasteiger partial charge in [0.2, 0.25) is 0 Å². The van der Waals surface area contributed by atoms with E-state index in [0.717, 1.165) is 30.7 Å². The first-order valence-electron chi connectivity index (χ1n) is 12.1. The molecule has 0 fully saturated rings. The molecule has 1 unspecified atom stereocenters. The largest absolute Gasteiger partial charge is 0.206 e. The summed E-state index contributed by atoms with van der Waals surface area (Å²) < 4.78 is 44.0. The summed E-state index contributed by atoms with van der Waals surface area (Å²) in [6, 6.07) is 15.7. The van der Waals surface area contributed by atoms with E-state index < -0.39 is 11.6 Å². The normalized spacial score (nSPS) is 16.0. The van der Waals surface area contributed by atoms with Crippen molar-refractivity contribution in [3.8, 4) is 22.3 Å². The van der Waals surface area contributed by atoms with Crippen LogP contribution in [-0.2, 0) is 6.42 Å². The molecule has 3 heteroatoms. The predicted molar refractivity (Wildman–Crippen MR) is 131 cm³/mol.